The van der Waals surface area contributed by atoms with E-state index in [1.807, 2.05) is 0 Å². The normalized spacial score (nSPS) is 13.2. The molecular weight excluding hydrogens is 242 g/mol. The fourth-order valence-corrected chi connectivity index (χ4v) is 2.70. The van der Waals surface area contributed by atoms with Crippen LogP contribution in [0.3, 0.4) is 0 Å². The summed E-state index contributed by atoms with van der Waals surface area (Å²) in [6.07, 6.45) is 12.6. The summed E-state index contributed by atoms with van der Waals surface area (Å²) in [5.74, 6) is 0. The molecule has 1 heterocycles. The van der Waals surface area contributed by atoms with Crippen molar-refractivity contribution in [2.24, 2.45) is 0 Å². The van der Waals surface area contributed by atoms with Gasteiger partial charge in [-0.15, -0.1) is 0 Å². The molecule has 101 valence electrons. The number of aromatic nitrogens is 1. The van der Waals surface area contributed by atoms with Crippen LogP contribution in [0.4, 0.5) is 0 Å². The Morgan fingerprint density at radius 3 is 2.65 bits per heavy atom. The fraction of sp³-hybridized carbons (Fsp3) is 0.263. The van der Waals surface area contributed by atoms with Gasteiger partial charge in [-0.25, -0.2) is 4.57 Å². The van der Waals surface area contributed by atoms with Crippen LogP contribution in [0.5, 0.6) is 0 Å². The Labute approximate surface area is 121 Å². The molecule has 0 spiro atoms. The van der Waals surface area contributed by atoms with Crippen LogP contribution in [-0.2, 0) is 13.0 Å². The second-order valence-electron chi connectivity index (χ2n) is 5.48. The summed E-state index contributed by atoms with van der Waals surface area (Å²) in [4.78, 5) is 0. The molecule has 0 amide bonds. The van der Waals surface area contributed by atoms with Crippen LogP contribution >= 0.6 is 0 Å². The summed E-state index contributed by atoms with van der Waals surface area (Å²) in [6, 6.07) is 13.1. The predicted octanol–water partition coefficient (Wildman–Crippen LogP) is 3.97. The van der Waals surface area contributed by atoms with Crippen molar-refractivity contribution in [3.05, 3.63) is 77.5 Å². The maximum Gasteiger partial charge on any atom is 0.170 e. The van der Waals surface area contributed by atoms with Crippen LogP contribution in [0.25, 0.3) is 6.08 Å². The summed E-state index contributed by atoms with van der Waals surface area (Å²) in [5.41, 5.74) is 5.58. The Morgan fingerprint density at radius 2 is 1.85 bits per heavy atom. The van der Waals surface area contributed by atoms with Gasteiger partial charge in [0.2, 0.25) is 0 Å². The molecule has 0 atom stereocenters. The maximum absolute atomic E-state index is 2.35. The van der Waals surface area contributed by atoms with Gasteiger partial charge < -0.3 is 0 Å². The summed E-state index contributed by atoms with van der Waals surface area (Å²) in [5, 5.41) is 0. The molecule has 3 rings (SSSR count). The highest BCUT2D eigenvalue weighted by Crippen LogP contribution is 2.28. The van der Waals surface area contributed by atoms with E-state index >= 15 is 0 Å². The number of aryl methyl sites for hydroxylation is 1. The first-order valence-corrected chi connectivity index (χ1v) is 7.47. The van der Waals surface area contributed by atoms with E-state index in [2.05, 4.69) is 72.8 Å². The van der Waals surface area contributed by atoms with Crippen molar-refractivity contribution in [2.75, 3.05) is 0 Å². The second kappa shape index (κ2) is 6.04. The van der Waals surface area contributed by atoms with Gasteiger partial charge in [0.05, 0.1) is 0 Å². The highest BCUT2D eigenvalue weighted by molar-refractivity contribution is 5.69. The molecule has 1 aromatic carbocycles. The van der Waals surface area contributed by atoms with Crippen molar-refractivity contribution in [2.45, 2.75) is 32.7 Å². The SMILES string of the molecule is CCCCc1ccc2c(c1)C=C(C[n+]1ccccc1)[CH]2. The third-order valence-corrected chi connectivity index (χ3v) is 3.79. The molecule has 0 saturated carbocycles. The number of hydrogen-bond donors (Lipinski definition) is 0. The van der Waals surface area contributed by atoms with E-state index in [9.17, 15) is 0 Å². The molecule has 0 fully saturated rings. The van der Waals surface area contributed by atoms with Gasteiger partial charge >= 0.3 is 0 Å². The minimum absolute atomic E-state index is 0.944. The van der Waals surface area contributed by atoms with Crippen LogP contribution in [0.2, 0.25) is 0 Å². The molecule has 0 N–H and O–H groups in total. The minimum Gasteiger partial charge on any atom is -0.201 e. The maximum atomic E-state index is 2.35. The number of nitrogens with zero attached hydrogens (tertiary/aromatic N) is 1. The Morgan fingerprint density at radius 1 is 1.00 bits per heavy atom. The van der Waals surface area contributed by atoms with Gasteiger partial charge in [-0.1, -0.05) is 37.6 Å². The Bertz CT molecular complexity index is 611. The van der Waals surface area contributed by atoms with E-state index in [0.29, 0.717) is 0 Å². The number of unbranched alkanes of at least 4 members (excludes halogenated alkanes) is 1. The summed E-state index contributed by atoms with van der Waals surface area (Å²) in [6.45, 7) is 3.19. The molecule has 2 aromatic rings. The monoisotopic (exact) mass is 263 g/mol. The predicted molar refractivity (Wildman–Crippen MR) is 83.1 cm³/mol. The zero-order chi connectivity index (χ0) is 13.8. The van der Waals surface area contributed by atoms with E-state index in [4.69, 9.17) is 0 Å². The molecule has 1 radical (unpaired) electrons. The number of allylic oxidation sites excluding steroid dienone is 1. The van der Waals surface area contributed by atoms with Crippen molar-refractivity contribution in [3.63, 3.8) is 0 Å². The standard InChI is InChI=1S/C19H21N/c1-2-3-7-16-8-9-18-13-17(14-19(18)12-16)15-20-10-5-4-6-11-20/h4-6,8-14H,2-3,7,15H2,1H3/q+1. The number of fused-ring (bicyclic) bond motifs is 1. The van der Waals surface area contributed by atoms with Gasteiger partial charge in [-0.3, -0.25) is 0 Å². The van der Waals surface area contributed by atoms with Crippen LogP contribution in [0, 0.1) is 6.42 Å². The van der Waals surface area contributed by atoms with Gasteiger partial charge in [0.15, 0.2) is 18.9 Å². The van der Waals surface area contributed by atoms with Crippen molar-refractivity contribution >= 4 is 6.08 Å². The van der Waals surface area contributed by atoms with Gasteiger partial charge in [0.25, 0.3) is 0 Å². The lowest BCUT2D eigenvalue weighted by atomic mass is 10.0. The molecular formula is C19H21N+. The van der Waals surface area contributed by atoms with Crippen molar-refractivity contribution in [1.29, 1.82) is 0 Å². The topological polar surface area (TPSA) is 3.88 Å². The summed E-state index contributed by atoms with van der Waals surface area (Å²) in [7, 11) is 0. The molecule has 1 aliphatic rings. The van der Waals surface area contributed by atoms with Crippen molar-refractivity contribution in [3.8, 4) is 0 Å². The zero-order valence-electron chi connectivity index (χ0n) is 12.0. The summed E-state index contributed by atoms with van der Waals surface area (Å²) < 4.78 is 2.21. The van der Waals surface area contributed by atoms with Crippen LogP contribution in [0.15, 0.2) is 54.4 Å². The first-order valence-electron chi connectivity index (χ1n) is 7.47. The second-order valence-corrected chi connectivity index (χ2v) is 5.48. The molecule has 20 heavy (non-hydrogen) atoms. The average molecular weight is 263 g/mol. The Balaban J connectivity index is 1.73. The number of hydrogen-bond acceptors (Lipinski definition) is 0. The first-order chi connectivity index (χ1) is 9.85. The van der Waals surface area contributed by atoms with Crippen molar-refractivity contribution < 1.29 is 4.57 Å². The first kappa shape index (κ1) is 13.1. The van der Waals surface area contributed by atoms with E-state index in [0.717, 1.165) is 6.54 Å². The molecule has 0 aliphatic heterocycles. The molecule has 1 aliphatic carbocycles. The largest absolute Gasteiger partial charge is 0.201 e. The third kappa shape index (κ3) is 2.98. The van der Waals surface area contributed by atoms with E-state index < -0.39 is 0 Å². The van der Waals surface area contributed by atoms with E-state index in [1.165, 1.54) is 41.5 Å². The van der Waals surface area contributed by atoms with E-state index in [1.54, 1.807) is 0 Å². The quantitative estimate of drug-likeness (QED) is 0.719. The number of pyridine rings is 1. The highest BCUT2D eigenvalue weighted by Gasteiger charge is 2.16. The molecule has 1 aromatic heterocycles. The smallest absolute Gasteiger partial charge is 0.170 e. The van der Waals surface area contributed by atoms with Gasteiger partial charge in [0.1, 0.15) is 0 Å². The lowest BCUT2D eigenvalue weighted by Crippen LogP contribution is -2.33. The third-order valence-electron chi connectivity index (χ3n) is 3.79. The minimum atomic E-state index is 0.944. The highest BCUT2D eigenvalue weighted by atomic mass is 14.9. The van der Waals surface area contributed by atoms with Crippen LogP contribution in [-0.4, -0.2) is 0 Å². The number of benzene rings is 1. The van der Waals surface area contributed by atoms with Gasteiger partial charge in [-0.2, -0.15) is 0 Å². The Kier molecular flexibility index (Phi) is 3.96. The number of rotatable bonds is 5. The molecule has 0 bridgehead atoms. The van der Waals surface area contributed by atoms with E-state index in [-0.39, 0.29) is 0 Å². The average Bonchev–Trinajstić information content (AvgIpc) is 2.87. The lowest BCUT2D eigenvalue weighted by molar-refractivity contribution is -0.688. The molecule has 0 unspecified atom stereocenters. The Hall–Kier alpha value is -1.89. The lowest BCUT2D eigenvalue weighted by Gasteiger charge is -2.03. The van der Waals surface area contributed by atoms with Crippen molar-refractivity contribution in [1.82, 2.24) is 0 Å². The van der Waals surface area contributed by atoms with Gasteiger partial charge in [0, 0.05) is 24.1 Å². The van der Waals surface area contributed by atoms with Crippen LogP contribution < -0.4 is 4.57 Å². The van der Waals surface area contributed by atoms with Crippen LogP contribution in [0.1, 0.15) is 36.5 Å². The fourth-order valence-electron chi connectivity index (χ4n) is 2.70. The molecule has 0 saturated heterocycles. The zero-order valence-corrected chi connectivity index (χ0v) is 12.0. The summed E-state index contributed by atoms with van der Waals surface area (Å²) >= 11 is 0. The molecule has 1 nitrogen and oxygen atoms in total. The molecule has 1 heteroatoms. The van der Waals surface area contributed by atoms with Gasteiger partial charge in [-0.05, 0) is 35.6 Å².